The predicted molar refractivity (Wildman–Crippen MR) is 60.2 cm³/mol. The van der Waals surface area contributed by atoms with E-state index in [1.54, 1.807) is 7.11 Å². The number of aromatic nitrogens is 1. The van der Waals surface area contributed by atoms with Crippen LogP contribution in [0.25, 0.3) is 10.9 Å². The second-order valence-electron chi connectivity index (χ2n) is 3.51. The highest BCUT2D eigenvalue weighted by atomic mass is 16.5. The Morgan fingerprint density at radius 2 is 2.20 bits per heavy atom. The van der Waals surface area contributed by atoms with Gasteiger partial charge in [-0.25, -0.2) is 0 Å². The van der Waals surface area contributed by atoms with E-state index in [1.807, 2.05) is 24.4 Å². The summed E-state index contributed by atoms with van der Waals surface area (Å²) in [6, 6.07) is 8.09. The van der Waals surface area contributed by atoms with Crippen LogP contribution in [-0.2, 0) is 6.54 Å². The first-order valence-corrected chi connectivity index (χ1v) is 5.09. The van der Waals surface area contributed by atoms with Crippen molar-refractivity contribution in [3.63, 3.8) is 0 Å². The largest absolute Gasteiger partial charge is 0.497 e. The molecule has 0 fully saturated rings. The normalized spacial score (nSPS) is 10.8. The Bertz CT molecular complexity index is 448. The highest BCUT2D eigenvalue weighted by Crippen LogP contribution is 2.21. The summed E-state index contributed by atoms with van der Waals surface area (Å²) < 4.78 is 7.31. The van der Waals surface area contributed by atoms with E-state index >= 15 is 0 Å². The Hall–Kier alpha value is -1.48. The standard InChI is InChI=1S/C12H15NO2/c1-15-11-3-4-12-10(9-11)5-7-13(12)6-2-8-14/h3-5,7,9,14H,2,6,8H2,1H3. The number of fused-ring (bicyclic) bond motifs is 1. The molecule has 0 unspecified atom stereocenters. The molecule has 1 aromatic carbocycles. The van der Waals surface area contributed by atoms with Gasteiger partial charge in [0.05, 0.1) is 7.11 Å². The van der Waals surface area contributed by atoms with E-state index in [1.165, 1.54) is 10.9 Å². The van der Waals surface area contributed by atoms with Gasteiger partial charge >= 0.3 is 0 Å². The lowest BCUT2D eigenvalue weighted by atomic mass is 10.2. The maximum Gasteiger partial charge on any atom is 0.119 e. The number of nitrogens with zero attached hydrogens (tertiary/aromatic N) is 1. The molecule has 15 heavy (non-hydrogen) atoms. The number of aliphatic hydroxyl groups excluding tert-OH is 1. The number of benzene rings is 1. The maximum absolute atomic E-state index is 8.79. The van der Waals surface area contributed by atoms with Crippen molar-refractivity contribution in [3.05, 3.63) is 30.5 Å². The lowest BCUT2D eigenvalue weighted by Crippen LogP contribution is -1.97. The fraction of sp³-hybridized carbons (Fsp3) is 0.333. The Labute approximate surface area is 88.9 Å². The molecule has 2 aromatic rings. The Balaban J connectivity index is 2.34. The zero-order valence-electron chi connectivity index (χ0n) is 8.81. The van der Waals surface area contributed by atoms with Crippen molar-refractivity contribution in [2.24, 2.45) is 0 Å². The van der Waals surface area contributed by atoms with Gasteiger partial charge in [0.25, 0.3) is 0 Å². The summed E-state index contributed by atoms with van der Waals surface area (Å²) in [7, 11) is 1.67. The van der Waals surface area contributed by atoms with Crippen LogP contribution in [0.1, 0.15) is 6.42 Å². The minimum atomic E-state index is 0.232. The van der Waals surface area contributed by atoms with Crippen LogP contribution in [0.3, 0.4) is 0 Å². The van der Waals surface area contributed by atoms with Crippen molar-refractivity contribution in [2.45, 2.75) is 13.0 Å². The molecule has 2 rings (SSSR count). The average Bonchev–Trinajstić information content (AvgIpc) is 2.68. The number of hydrogen-bond donors (Lipinski definition) is 1. The monoisotopic (exact) mass is 205 g/mol. The molecular weight excluding hydrogens is 190 g/mol. The predicted octanol–water partition coefficient (Wildman–Crippen LogP) is 2.03. The molecule has 0 saturated heterocycles. The summed E-state index contributed by atoms with van der Waals surface area (Å²) in [4.78, 5) is 0. The average molecular weight is 205 g/mol. The third-order valence-electron chi connectivity index (χ3n) is 2.54. The molecule has 3 nitrogen and oxygen atoms in total. The number of rotatable bonds is 4. The molecule has 80 valence electrons. The molecule has 0 radical (unpaired) electrons. The Kier molecular flexibility index (Phi) is 2.92. The number of ether oxygens (including phenoxy) is 1. The van der Waals surface area contributed by atoms with Gasteiger partial charge in [-0.3, -0.25) is 0 Å². The molecule has 1 aromatic heterocycles. The molecule has 0 spiro atoms. The fourth-order valence-electron chi connectivity index (χ4n) is 1.74. The van der Waals surface area contributed by atoms with E-state index in [4.69, 9.17) is 9.84 Å². The van der Waals surface area contributed by atoms with Gasteiger partial charge < -0.3 is 14.4 Å². The van der Waals surface area contributed by atoms with Gasteiger partial charge in [0.2, 0.25) is 0 Å². The lowest BCUT2D eigenvalue weighted by molar-refractivity contribution is 0.280. The van der Waals surface area contributed by atoms with Gasteiger partial charge in [-0.1, -0.05) is 0 Å². The van der Waals surface area contributed by atoms with E-state index in [2.05, 4.69) is 10.6 Å². The number of methoxy groups -OCH3 is 1. The van der Waals surface area contributed by atoms with Gasteiger partial charge in [0, 0.05) is 30.3 Å². The Morgan fingerprint density at radius 3 is 2.93 bits per heavy atom. The molecule has 0 saturated carbocycles. The van der Waals surface area contributed by atoms with Gasteiger partial charge in [0.15, 0.2) is 0 Å². The van der Waals surface area contributed by atoms with Crippen LogP contribution in [-0.4, -0.2) is 23.4 Å². The van der Waals surface area contributed by atoms with Crippen LogP contribution in [0, 0.1) is 0 Å². The molecule has 3 heteroatoms. The molecule has 0 aliphatic carbocycles. The van der Waals surface area contributed by atoms with E-state index < -0.39 is 0 Å². The lowest BCUT2D eigenvalue weighted by Gasteiger charge is -2.04. The first-order valence-electron chi connectivity index (χ1n) is 5.09. The van der Waals surface area contributed by atoms with Crippen LogP contribution in [0.15, 0.2) is 30.5 Å². The summed E-state index contributed by atoms with van der Waals surface area (Å²) in [5.74, 6) is 0.877. The molecule has 0 aliphatic heterocycles. The quantitative estimate of drug-likeness (QED) is 0.828. The molecular formula is C12H15NO2. The second-order valence-corrected chi connectivity index (χ2v) is 3.51. The van der Waals surface area contributed by atoms with Gasteiger partial charge in [-0.05, 0) is 30.7 Å². The summed E-state index contributed by atoms with van der Waals surface area (Å²) >= 11 is 0. The first kappa shape index (κ1) is 10.1. The summed E-state index contributed by atoms with van der Waals surface area (Å²) in [5.41, 5.74) is 1.18. The van der Waals surface area contributed by atoms with E-state index in [9.17, 15) is 0 Å². The zero-order valence-corrected chi connectivity index (χ0v) is 8.81. The fourth-order valence-corrected chi connectivity index (χ4v) is 1.74. The first-order chi connectivity index (χ1) is 7.35. The molecule has 0 atom stereocenters. The van der Waals surface area contributed by atoms with Crippen LogP contribution in [0.5, 0.6) is 5.75 Å². The van der Waals surface area contributed by atoms with Crippen molar-refractivity contribution < 1.29 is 9.84 Å². The van der Waals surface area contributed by atoms with Crippen LogP contribution < -0.4 is 4.74 Å². The topological polar surface area (TPSA) is 34.4 Å². The summed E-state index contributed by atoms with van der Waals surface area (Å²) in [5, 5.41) is 9.96. The third kappa shape index (κ3) is 1.97. The summed E-state index contributed by atoms with van der Waals surface area (Å²) in [6.45, 7) is 1.09. The van der Waals surface area contributed by atoms with E-state index in [-0.39, 0.29) is 6.61 Å². The van der Waals surface area contributed by atoms with E-state index in [0.717, 1.165) is 18.7 Å². The van der Waals surface area contributed by atoms with Crippen molar-refractivity contribution in [3.8, 4) is 5.75 Å². The maximum atomic E-state index is 8.79. The molecule has 1 heterocycles. The number of hydrogen-bond acceptors (Lipinski definition) is 2. The summed E-state index contributed by atoms with van der Waals surface area (Å²) in [6.07, 6.45) is 2.83. The van der Waals surface area contributed by atoms with E-state index in [0.29, 0.717) is 0 Å². The highest BCUT2D eigenvalue weighted by molar-refractivity contribution is 5.81. The van der Waals surface area contributed by atoms with Crippen molar-refractivity contribution in [1.82, 2.24) is 4.57 Å². The molecule has 0 amide bonds. The van der Waals surface area contributed by atoms with Gasteiger partial charge in [0.1, 0.15) is 5.75 Å². The second kappa shape index (κ2) is 4.36. The van der Waals surface area contributed by atoms with Crippen LogP contribution >= 0.6 is 0 Å². The SMILES string of the molecule is COc1ccc2c(ccn2CCCO)c1. The van der Waals surface area contributed by atoms with Gasteiger partial charge in [-0.15, -0.1) is 0 Å². The zero-order chi connectivity index (χ0) is 10.7. The minimum Gasteiger partial charge on any atom is -0.497 e. The van der Waals surface area contributed by atoms with Crippen molar-refractivity contribution in [2.75, 3.05) is 13.7 Å². The van der Waals surface area contributed by atoms with Crippen LogP contribution in [0.4, 0.5) is 0 Å². The van der Waals surface area contributed by atoms with Gasteiger partial charge in [-0.2, -0.15) is 0 Å². The van der Waals surface area contributed by atoms with Crippen molar-refractivity contribution in [1.29, 1.82) is 0 Å². The number of aryl methyl sites for hydroxylation is 1. The molecule has 0 aliphatic rings. The smallest absolute Gasteiger partial charge is 0.119 e. The molecule has 1 N–H and O–H groups in total. The third-order valence-corrected chi connectivity index (χ3v) is 2.54. The Morgan fingerprint density at radius 1 is 1.33 bits per heavy atom. The highest BCUT2D eigenvalue weighted by Gasteiger charge is 2.01. The number of aliphatic hydroxyl groups is 1. The minimum absolute atomic E-state index is 0.232. The molecule has 0 bridgehead atoms. The van der Waals surface area contributed by atoms with Crippen LogP contribution in [0.2, 0.25) is 0 Å². The van der Waals surface area contributed by atoms with Crippen molar-refractivity contribution >= 4 is 10.9 Å².